The van der Waals surface area contributed by atoms with Gasteiger partial charge in [-0.2, -0.15) is 0 Å². The number of carbonyl (C=O) groups is 2. The number of hydrogen-bond acceptors (Lipinski definition) is 2. The van der Waals surface area contributed by atoms with E-state index in [4.69, 9.17) is 17.3 Å². The number of nitrogens with zero attached hydrogens (tertiary/aromatic N) is 1. The van der Waals surface area contributed by atoms with Crippen LogP contribution in [-0.2, 0) is 0 Å². The predicted molar refractivity (Wildman–Crippen MR) is 82.6 cm³/mol. The van der Waals surface area contributed by atoms with Crippen molar-refractivity contribution in [1.29, 1.82) is 0 Å². The Balaban J connectivity index is 2.00. The molecule has 1 aromatic carbocycles. The molecule has 0 bridgehead atoms. The average Bonchev–Trinajstić information content (AvgIpc) is 2.43. The molecule has 1 fully saturated rings. The van der Waals surface area contributed by atoms with E-state index in [1.165, 1.54) is 0 Å². The molecule has 2 rings (SSSR count). The normalized spacial score (nSPS) is 15.9. The fourth-order valence-corrected chi connectivity index (χ4v) is 2.77. The third-order valence-corrected chi connectivity index (χ3v) is 4.28. The maximum absolute atomic E-state index is 12.3. The second-order valence-electron chi connectivity index (χ2n) is 5.49. The van der Waals surface area contributed by atoms with Crippen LogP contribution in [0.15, 0.2) is 12.1 Å². The summed E-state index contributed by atoms with van der Waals surface area (Å²) < 4.78 is 0. The van der Waals surface area contributed by atoms with E-state index in [1.54, 1.807) is 4.90 Å². The van der Waals surface area contributed by atoms with Crippen LogP contribution in [0.2, 0.25) is 5.02 Å². The van der Waals surface area contributed by atoms with Crippen molar-refractivity contribution >= 4 is 23.5 Å². The summed E-state index contributed by atoms with van der Waals surface area (Å²) in [4.78, 5) is 25.0. The molecular weight excluding hydrogens is 290 g/mol. The zero-order valence-corrected chi connectivity index (χ0v) is 13.0. The molecular formula is C15H20ClN3O2. The van der Waals surface area contributed by atoms with Gasteiger partial charge in [-0.05, 0) is 49.9 Å². The summed E-state index contributed by atoms with van der Waals surface area (Å²) in [6, 6.07) is 3.26. The lowest BCUT2D eigenvalue weighted by molar-refractivity contribution is 0.0919. The molecule has 1 saturated heterocycles. The highest BCUT2D eigenvalue weighted by Crippen LogP contribution is 2.21. The first-order chi connectivity index (χ1) is 9.88. The number of likely N-dealkylation sites (tertiary alicyclic amines) is 1. The molecule has 1 heterocycles. The fourth-order valence-electron chi connectivity index (χ4n) is 2.46. The molecule has 0 atom stereocenters. The SMILES string of the molecule is Cc1cc(Cl)c(C(=O)NC2CCN(C(N)=O)CC2)cc1C. The quantitative estimate of drug-likeness (QED) is 0.879. The third kappa shape index (κ3) is 3.67. The monoisotopic (exact) mass is 309 g/mol. The Labute approximate surface area is 129 Å². The smallest absolute Gasteiger partial charge is 0.314 e. The molecule has 0 spiro atoms. The molecule has 0 saturated carbocycles. The summed E-state index contributed by atoms with van der Waals surface area (Å²) in [7, 11) is 0. The lowest BCUT2D eigenvalue weighted by atomic mass is 10.0. The van der Waals surface area contributed by atoms with Gasteiger partial charge in [0.05, 0.1) is 10.6 Å². The van der Waals surface area contributed by atoms with Gasteiger partial charge in [0.1, 0.15) is 0 Å². The number of hydrogen-bond donors (Lipinski definition) is 2. The van der Waals surface area contributed by atoms with Gasteiger partial charge in [0.25, 0.3) is 5.91 Å². The van der Waals surface area contributed by atoms with Crippen LogP contribution in [-0.4, -0.2) is 36.0 Å². The molecule has 0 aliphatic carbocycles. The number of primary amides is 1. The van der Waals surface area contributed by atoms with Gasteiger partial charge in [-0.25, -0.2) is 4.79 Å². The van der Waals surface area contributed by atoms with Crippen molar-refractivity contribution in [1.82, 2.24) is 10.2 Å². The number of urea groups is 1. The largest absolute Gasteiger partial charge is 0.351 e. The molecule has 5 nitrogen and oxygen atoms in total. The molecule has 21 heavy (non-hydrogen) atoms. The second kappa shape index (κ2) is 6.35. The Kier molecular flexibility index (Phi) is 4.73. The predicted octanol–water partition coefficient (Wildman–Crippen LogP) is 2.23. The van der Waals surface area contributed by atoms with Crippen molar-refractivity contribution < 1.29 is 9.59 Å². The molecule has 3 N–H and O–H groups in total. The number of nitrogens with one attached hydrogen (secondary N) is 1. The molecule has 1 aliphatic heterocycles. The lowest BCUT2D eigenvalue weighted by Gasteiger charge is -2.31. The Hall–Kier alpha value is -1.75. The van der Waals surface area contributed by atoms with E-state index >= 15 is 0 Å². The average molecular weight is 310 g/mol. The highest BCUT2D eigenvalue weighted by atomic mass is 35.5. The zero-order chi connectivity index (χ0) is 15.6. The van der Waals surface area contributed by atoms with E-state index in [1.807, 2.05) is 26.0 Å². The van der Waals surface area contributed by atoms with Crippen molar-refractivity contribution in [2.45, 2.75) is 32.7 Å². The summed E-state index contributed by atoms with van der Waals surface area (Å²) in [5.41, 5.74) is 7.83. The number of piperidine rings is 1. The molecule has 3 amide bonds. The molecule has 114 valence electrons. The Morgan fingerprint density at radius 2 is 1.81 bits per heavy atom. The minimum Gasteiger partial charge on any atom is -0.351 e. The number of halogens is 1. The fraction of sp³-hybridized carbons (Fsp3) is 0.467. The first kappa shape index (κ1) is 15.6. The first-order valence-electron chi connectivity index (χ1n) is 7.00. The van der Waals surface area contributed by atoms with Crippen molar-refractivity contribution in [3.63, 3.8) is 0 Å². The van der Waals surface area contributed by atoms with Crippen LogP contribution in [0.1, 0.15) is 34.3 Å². The van der Waals surface area contributed by atoms with Gasteiger partial charge in [-0.3, -0.25) is 4.79 Å². The summed E-state index contributed by atoms with van der Waals surface area (Å²) in [5.74, 6) is -0.166. The van der Waals surface area contributed by atoms with Crippen LogP contribution in [0.4, 0.5) is 4.79 Å². The zero-order valence-electron chi connectivity index (χ0n) is 12.3. The molecule has 0 aromatic heterocycles. The van der Waals surface area contributed by atoms with Gasteiger partial charge in [-0.15, -0.1) is 0 Å². The standard InChI is InChI=1S/C15H20ClN3O2/c1-9-7-12(13(16)8-10(9)2)14(20)18-11-3-5-19(6-4-11)15(17)21/h7-8,11H,3-6H2,1-2H3,(H2,17,21)(H,18,20). The van der Waals surface area contributed by atoms with Gasteiger partial charge in [-0.1, -0.05) is 11.6 Å². The van der Waals surface area contributed by atoms with Crippen LogP contribution in [0.5, 0.6) is 0 Å². The number of carbonyl (C=O) groups excluding carboxylic acids is 2. The van der Waals surface area contributed by atoms with Crippen molar-refractivity contribution in [2.75, 3.05) is 13.1 Å². The Morgan fingerprint density at radius 3 is 2.38 bits per heavy atom. The van der Waals surface area contributed by atoms with E-state index in [0.717, 1.165) is 11.1 Å². The number of aryl methyl sites for hydroxylation is 2. The maximum Gasteiger partial charge on any atom is 0.314 e. The van der Waals surface area contributed by atoms with Gasteiger partial charge in [0, 0.05) is 19.1 Å². The summed E-state index contributed by atoms with van der Waals surface area (Å²) >= 11 is 6.15. The topological polar surface area (TPSA) is 75.4 Å². The molecule has 0 radical (unpaired) electrons. The van der Waals surface area contributed by atoms with E-state index in [0.29, 0.717) is 36.5 Å². The van der Waals surface area contributed by atoms with Gasteiger partial charge in [0.2, 0.25) is 0 Å². The Bertz CT molecular complexity index is 566. The van der Waals surface area contributed by atoms with Crippen molar-refractivity contribution in [3.05, 3.63) is 33.8 Å². The molecule has 6 heteroatoms. The Morgan fingerprint density at radius 1 is 1.24 bits per heavy atom. The molecule has 1 aromatic rings. The molecule has 0 unspecified atom stereocenters. The second-order valence-corrected chi connectivity index (χ2v) is 5.90. The summed E-state index contributed by atoms with van der Waals surface area (Å²) in [5, 5.41) is 3.44. The van der Waals surface area contributed by atoms with Crippen LogP contribution >= 0.6 is 11.6 Å². The third-order valence-electron chi connectivity index (χ3n) is 3.97. The minimum absolute atomic E-state index is 0.0470. The van der Waals surface area contributed by atoms with Crippen LogP contribution in [0, 0.1) is 13.8 Å². The maximum atomic E-state index is 12.3. The van der Waals surface area contributed by atoms with Gasteiger partial charge in [0.15, 0.2) is 0 Å². The van der Waals surface area contributed by atoms with Gasteiger partial charge < -0.3 is 16.0 Å². The first-order valence-corrected chi connectivity index (χ1v) is 7.38. The number of rotatable bonds is 2. The van der Waals surface area contributed by atoms with Gasteiger partial charge >= 0.3 is 6.03 Å². The summed E-state index contributed by atoms with van der Waals surface area (Å²) in [6.45, 7) is 5.05. The van der Waals surface area contributed by atoms with E-state index in [2.05, 4.69) is 5.32 Å². The minimum atomic E-state index is -0.406. The van der Waals surface area contributed by atoms with Crippen molar-refractivity contribution in [2.24, 2.45) is 5.73 Å². The van der Waals surface area contributed by atoms with Crippen LogP contribution in [0.3, 0.4) is 0 Å². The highest BCUT2D eigenvalue weighted by molar-refractivity contribution is 6.34. The molecule has 1 aliphatic rings. The summed E-state index contributed by atoms with van der Waals surface area (Å²) in [6.07, 6.45) is 1.41. The van der Waals surface area contributed by atoms with E-state index in [9.17, 15) is 9.59 Å². The number of benzene rings is 1. The lowest BCUT2D eigenvalue weighted by Crippen LogP contribution is -2.48. The number of amides is 3. The van der Waals surface area contributed by atoms with Crippen molar-refractivity contribution in [3.8, 4) is 0 Å². The van der Waals surface area contributed by atoms with Crippen LogP contribution < -0.4 is 11.1 Å². The van der Waals surface area contributed by atoms with E-state index < -0.39 is 6.03 Å². The van der Waals surface area contributed by atoms with Crippen LogP contribution in [0.25, 0.3) is 0 Å². The van der Waals surface area contributed by atoms with E-state index in [-0.39, 0.29) is 11.9 Å². The highest BCUT2D eigenvalue weighted by Gasteiger charge is 2.23. The number of nitrogens with two attached hydrogens (primary N) is 1.